The second-order valence-corrected chi connectivity index (χ2v) is 6.62. The van der Waals surface area contributed by atoms with Gasteiger partial charge in [-0.3, -0.25) is 15.0 Å². The summed E-state index contributed by atoms with van der Waals surface area (Å²) in [6, 6.07) is 10.3. The molecule has 5 N–H and O–H groups in total. The summed E-state index contributed by atoms with van der Waals surface area (Å²) < 4.78 is 5.57. The van der Waals surface area contributed by atoms with Gasteiger partial charge in [0.2, 0.25) is 0 Å². The van der Waals surface area contributed by atoms with Crippen LogP contribution >= 0.6 is 0 Å². The first kappa shape index (κ1) is 20.5. The fraction of sp³-hybridized carbons (Fsp3) is 0. The van der Waals surface area contributed by atoms with Crippen LogP contribution in [-0.2, 0) is 9.59 Å². The van der Waals surface area contributed by atoms with E-state index in [0.29, 0.717) is 0 Å². The van der Waals surface area contributed by atoms with Gasteiger partial charge in [-0.1, -0.05) is 0 Å². The number of aromatic carboxylic acids is 1. The van der Waals surface area contributed by atoms with E-state index >= 15 is 0 Å². The summed E-state index contributed by atoms with van der Waals surface area (Å²) in [4.78, 5) is 40.2. The Labute approximate surface area is 178 Å². The number of carbonyl (C=O) groups is 3. The van der Waals surface area contributed by atoms with Crippen LogP contribution in [0.3, 0.4) is 0 Å². The third-order valence-electron chi connectivity index (χ3n) is 4.62. The van der Waals surface area contributed by atoms with Crippen LogP contribution < -0.4 is 15.3 Å². The van der Waals surface area contributed by atoms with Gasteiger partial charge in [-0.25, -0.2) is 15.1 Å². The predicted molar refractivity (Wildman–Crippen MR) is 108 cm³/mol. The van der Waals surface area contributed by atoms with Gasteiger partial charge in [0.05, 0.1) is 16.8 Å². The zero-order valence-electron chi connectivity index (χ0n) is 16.0. The topological polar surface area (TPSA) is 170 Å². The number of benzene rings is 2. The molecule has 0 aliphatic carbocycles. The highest BCUT2D eigenvalue weighted by atomic mass is 17.1. The number of hydrogen-bond donors (Lipinski definition) is 5. The zero-order chi connectivity index (χ0) is 23.0. The molecule has 11 heteroatoms. The van der Waals surface area contributed by atoms with Gasteiger partial charge in [0.25, 0.3) is 11.8 Å². The number of carboxylic acids is 1. The van der Waals surface area contributed by atoms with Crippen LogP contribution in [0.1, 0.15) is 16.1 Å². The molecule has 32 heavy (non-hydrogen) atoms. The molecule has 1 aromatic heterocycles. The van der Waals surface area contributed by atoms with Gasteiger partial charge in [-0.15, -0.1) is 0 Å². The Morgan fingerprint density at radius 3 is 2.38 bits per heavy atom. The predicted octanol–water partition coefficient (Wildman–Crippen LogP) is 2.37. The highest BCUT2D eigenvalue weighted by Crippen LogP contribution is 2.39. The number of phenols is 2. The Bertz CT molecular complexity index is 1270. The van der Waals surface area contributed by atoms with Gasteiger partial charge in [0.1, 0.15) is 17.1 Å². The molecule has 4 rings (SSSR count). The van der Waals surface area contributed by atoms with Gasteiger partial charge in [0, 0.05) is 6.07 Å². The summed E-state index contributed by atoms with van der Waals surface area (Å²) in [7, 11) is 0. The van der Waals surface area contributed by atoms with Crippen LogP contribution in [0.25, 0.3) is 17.4 Å². The minimum Gasteiger partial charge on any atom is -0.504 e. The van der Waals surface area contributed by atoms with E-state index in [2.05, 4.69) is 10.3 Å². The molecule has 0 saturated carbocycles. The van der Waals surface area contributed by atoms with Crippen LogP contribution in [0.5, 0.6) is 17.2 Å². The molecule has 0 bridgehead atoms. The maximum atomic E-state index is 12.7. The summed E-state index contributed by atoms with van der Waals surface area (Å²) in [5.41, 5.74) is 2.54. The van der Waals surface area contributed by atoms with Crippen molar-refractivity contribution in [3.05, 3.63) is 65.4 Å². The molecule has 0 radical (unpaired) electrons. The standard InChI is InChI=1S/C21H14N2O9/c24-15-8-13(18(32-30)9-16(15)25)17-6-5-12(31-17)7-14-19(26)22-23(20(14)27)11-3-1-10(2-4-11)21(28)29/h1-9,24-25,30H,(H,22,26)(H,28,29)/b14-7-. The van der Waals surface area contributed by atoms with Crippen molar-refractivity contribution in [2.24, 2.45) is 0 Å². The Balaban J connectivity index is 1.62. The Kier molecular flexibility index (Phi) is 5.00. The number of furan rings is 1. The van der Waals surface area contributed by atoms with Crippen LogP contribution in [0.4, 0.5) is 5.69 Å². The van der Waals surface area contributed by atoms with E-state index in [-0.39, 0.29) is 39.7 Å². The minimum absolute atomic E-state index is 0.0251. The van der Waals surface area contributed by atoms with E-state index < -0.39 is 29.3 Å². The molecule has 2 amide bonds. The average Bonchev–Trinajstić information content (AvgIpc) is 3.35. The molecule has 0 atom stereocenters. The molecular weight excluding hydrogens is 424 g/mol. The van der Waals surface area contributed by atoms with Gasteiger partial charge < -0.3 is 24.6 Å². The number of anilines is 1. The number of nitrogens with zero attached hydrogens (tertiary/aromatic N) is 1. The van der Waals surface area contributed by atoms with Crippen LogP contribution in [0.2, 0.25) is 0 Å². The number of phenolic OH excluding ortho intramolecular Hbond substituents is 2. The van der Waals surface area contributed by atoms with Crippen molar-refractivity contribution >= 4 is 29.5 Å². The van der Waals surface area contributed by atoms with E-state index in [4.69, 9.17) is 14.8 Å². The number of rotatable bonds is 5. The lowest BCUT2D eigenvalue weighted by atomic mass is 10.1. The normalized spacial score (nSPS) is 14.7. The van der Waals surface area contributed by atoms with Gasteiger partial charge >= 0.3 is 5.97 Å². The van der Waals surface area contributed by atoms with E-state index in [1.165, 1.54) is 42.5 Å². The average molecular weight is 438 g/mol. The van der Waals surface area contributed by atoms with Crippen molar-refractivity contribution in [2.75, 3.05) is 5.01 Å². The zero-order valence-corrected chi connectivity index (χ0v) is 16.0. The Morgan fingerprint density at radius 1 is 1.03 bits per heavy atom. The largest absolute Gasteiger partial charge is 0.504 e. The maximum absolute atomic E-state index is 12.7. The second kappa shape index (κ2) is 7.81. The maximum Gasteiger partial charge on any atom is 0.335 e. The van der Waals surface area contributed by atoms with Crippen molar-refractivity contribution in [3.63, 3.8) is 0 Å². The summed E-state index contributed by atoms with van der Waals surface area (Å²) in [5, 5.41) is 38.2. The number of hydrogen-bond acceptors (Lipinski definition) is 8. The summed E-state index contributed by atoms with van der Waals surface area (Å²) in [6.07, 6.45) is 1.20. The fourth-order valence-electron chi connectivity index (χ4n) is 3.04. The van der Waals surface area contributed by atoms with Crippen molar-refractivity contribution in [2.45, 2.75) is 0 Å². The van der Waals surface area contributed by atoms with Gasteiger partial charge in [0.15, 0.2) is 17.2 Å². The lowest BCUT2D eigenvalue weighted by molar-refractivity contribution is -0.137. The first-order valence-corrected chi connectivity index (χ1v) is 8.96. The van der Waals surface area contributed by atoms with Crippen molar-refractivity contribution in [3.8, 4) is 28.6 Å². The molecule has 11 nitrogen and oxygen atoms in total. The molecule has 1 aliphatic rings. The van der Waals surface area contributed by atoms with Crippen LogP contribution in [-0.4, -0.2) is 38.4 Å². The molecule has 1 aliphatic heterocycles. The summed E-state index contributed by atoms with van der Waals surface area (Å²) in [5.74, 6) is -3.47. The van der Waals surface area contributed by atoms with Crippen molar-refractivity contribution in [1.82, 2.24) is 5.43 Å². The molecule has 0 unspecified atom stereocenters. The molecule has 1 fully saturated rings. The molecule has 2 aromatic carbocycles. The number of carboxylic acid groups (broad SMARTS) is 1. The number of aromatic hydroxyl groups is 2. The third-order valence-corrected chi connectivity index (χ3v) is 4.62. The third kappa shape index (κ3) is 3.59. The summed E-state index contributed by atoms with van der Waals surface area (Å²) >= 11 is 0. The van der Waals surface area contributed by atoms with Crippen molar-refractivity contribution < 1.29 is 44.3 Å². The smallest absolute Gasteiger partial charge is 0.335 e. The molecule has 162 valence electrons. The SMILES string of the molecule is O=C1NN(c2ccc(C(=O)O)cc2)C(=O)/C1=C\c1ccc(-c2cc(O)c(O)cc2OO)o1. The van der Waals surface area contributed by atoms with E-state index in [1.807, 2.05) is 0 Å². The number of amides is 2. The minimum atomic E-state index is -1.13. The summed E-state index contributed by atoms with van der Waals surface area (Å²) in [6.45, 7) is 0. The molecule has 3 aromatic rings. The molecular formula is C21H14N2O9. The number of hydrazine groups is 1. The molecule has 2 heterocycles. The van der Waals surface area contributed by atoms with Crippen molar-refractivity contribution in [1.29, 1.82) is 0 Å². The first-order valence-electron chi connectivity index (χ1n) is 8.96. The Hall–Kier alpha value is -4.77. The molecule has 0 spiro atoms. The number of carbonyl (C=O) groups excluding carboxylic acids is 2. The van der Waals surface area contributed by atoms with E-state index in [0.717, 1.165) is 17.1 Å². The lowest BCUT2D eigenvalue weighted by Gasteiger charge is -2.14. The number of nitrogens with one attached hydrogen (secondary N) is 1. The van der Waals surface area contributed by atoms with E-state index in [9.17, 15) is 24.6 Å². The second-order valence-electron chi connectivity index (χ2n) is 6.62. The van der Waals surface area contributed by atoms with Crippen LogP contribution in [0, 0.1) is 0 Å². The quantitative estimate of drug-likeness (QED) is 0.132. The Morgan fingerprint density at radius 2 is 1.72 bits per heavy atom. The fourth-order valence-corrected chi connectivity index (χ4v) is 3.04. The van der Waals surface area contributed by atoms with Gasteiger partial charge in [-0.05, 0) is 48.5 Å². The monoisotopic (exact) mass is 438 g/mol. The first-order chi connectivity index (χ1) is 15.3. The molecule has 1 saturated heterocycles. The van der Waals surface area contributed by atoms with E-state index in [1.54, 1.807) is 0 Å². The van der Waals surface area contributed by atoms with Crippen LogP contribution in [0.15, 0.2) is 58.5 Å². The lowest BCUT2D eigenvalue weighted by Crippen LogP contribution is -2.35. The highest BCUT2D eigenvalue weighted by Gasteiger charge is 2.35. The highest BCUT2D eigenvalue weighted by molar-refractivity contribution is 6.31. The van der Waals surface area contributed by atoms with Gasteiger partial charge in [-0.2, -0.15) is 0 Å².